The molecule has 0 aliphatic rings. The summed E-state index contributed by atoms with van der Waals surface area (Å²) in [5.41, 5.74) is 4.35. The number of fused-ring (bicyclic) bond motifs is 1. The van der Waals surface area contributed by atoms with E-state index in [4.69, 9.17) is 14.9 Å². The highest BCUT2D eigenvalue weighted by Crippen LogP contribution is 2.29. The Kier molecular flexibility index (Phi) is 4.39. The van der Waals surface area contributed by atoms with E-state index >= 15 is 0 Å². The van der Waals surface area contributed by atoms with Gasteiger partial charge in [-0.1, -0.05) is 12.1 Å². The van der Waals surface area contributed by atoms with Gasteiger partial charge in [-0.05, 0) is 49.2 Å². The van der Waals surface area contributed by atoms with Crippen molar-refractivity contribution in [2.75, 3.05) is 5.32 Å². The molecule has 1 aromatic heterocycles. The van der Waals surface area contributed by atoms with Gasteiger partial charge in [0.2, 0.25) is 5.89 Å². The first-order chi connectivity index (χ1) is 12.5. The molecule has 0 radical (unpaired) electrons. The number of rotatable bonds is 3. The Hall–Kier alpha value is -4.08. The van der Waals surface area contributed by atoms with Gasteiger partial charge in [0.1, 0.15) is 29.4 Å². The van der Waals surface area contributed by atoms with Crippen LogP contribution in [0, 0.1) is 47.8 Å². The number of aryl methyl sites for hydroxylation is 2. The number of aromatic nitrogens is 1. The maximum Gasteiger partial charge on any atom is 0.227 e. The van der Waals surface area contributed by atoms with E-state index in [-0.39, 0.29) is 11.3 Å². The van der Waals surface area contributed by atoms with E-state index in [0.717, 1.165) is 22.2 Å². The van der Waals surface area contributed by atoms with Crippen molar-refractivity contribution in [1.82, 2.24) is 4.98 Å². The first-order valence-corrected chi connectivity index (χ1v) is 7.75. The average Bonchev–Trinajstić information content (AvgIpc) is 3.06. The lowest BCUT2D eigenvalue weighted by molar-refractivity contribution is 0.620. The summed E-state index contributed by atoms with van der Waals surface area (Å²) in [5, 5.41) is 30.0. The molecule has 124 valence electrons. The number of nitriles is 3. The number of oxazole rings is 1. The van der Waals surface area contributed by atoms with E-state index in [1.165, 1.54) is 0 Å². The zero-order valence-corrected chi connectivity index (χ0v) is 14.2. The molecule has 6 nitrogen and oxygen atoms in total. The molecule has 26 heavy (non-hydrogen) atoms. The molecule has 3 rings (SSSR count). The van der Waals surface area contributed by atoms with Crippen LogP contribution < -0.4 is 5.32 Å². The van der Waals surface area contributed by atoms with Gasteiger partial charge in [-0.25, -0.2) is 4.98 Å². The highest BCUT2D eigenvalue weighted by molar-refractivity contribution is 5.78. The molecular formula is C20H13N5O. The third-order valence-corrected chi connectivity index (χ3v) is 3.87. The molecular weight excluding hydrogens is 326 g/mol. The van der Waals surface area contributed by atoms with Gasteiger partial charge in [-0.15, -0.1) is 0 Å². The molecule has 2 aromatic carbocycles. The zero-order valence-electron chi connectivity index (χ0n) is 14.2. The number of hydrogen-bond acceptors (Lipinski definition) is 6. The lowest BCUT2D eigenvalue weighted by Crippen LogP contribution is -2.02. The SMILES string of the molecule is Cc1ccc2oc(-c3ccc(C)c(NC(C#N)=C(C#N)C#N)c3)nc2c1. The smallest absolute Gasteiger partial charge is 0.227 e. The van der Waals surface area contributed by atoms with E-state index in [0.29, 0.717) is 17.2 Å². The minimum absolute atomic E-state index is 0.0940. The molecule has 0 unspecified atom stereocenters. The fourth-order valence-corrected chi connectivity index (χ4v) is 2.47. The van der Waals surface area contributed by atoms with E-state index < -0.39 is 0 Å². The predicted octanol–water partition coefficient (Wildman–Crippen LogP) is 4.35. The van der Waals surface area contributed by atoms with E-state index in [2.05, 4.69) is 10.3 Å². The topological polar surface area (TPSA) is 109 Å². The van der Waals surface area contributed by atoms with Gasteiger partial charge < -0.3 is 9.73 Å². The lowest BCUT2D eigenvalue weighted by atomic mass is 10.1. The van der Waals surface area contributed by atoms with Crippen molar-refractivity contribution < 1.29 is 4.42 Å². The fraction of sp³-hybridized carbons (Fsp3) is 0.100. The second-order valence-electron chi connectivity index (χ2n) is 5.73. The number of hydrogen-bond donors (Lipinski definition) is 1. The summed E-state index contributed by atoms with van der Waals surface area (Å²) in [6, 6.07) is 16.5. The van der Waals surface area contributed by atoms with Crippen LogP contribution in [0.5, 0.6) is 0 Å². The van der Waals surface area contributed by atoms with Crippen molar-refractivity contribution >= 4 is 16.8 Å². The summed E-state index contributed by atoms with van der Waals surface area (Å²) in [6.45, 7) is 3.84. The average molecular weight is 339 g/mol. The van der Waals surface area contributed by atoms with E-state index in [9.17, 15) is 5.26 Å². The Labute approximate surface area is 150 Å². The second kappa shape index (κ2) is 6.81. The molecule has 0 saturated heterocycles. The standard InChI is InChI=1S/C20H13N5O/c1-12-3-6-19-17(7-12)25-20(26-19)14-5-4-13(2)16(8-14)24-18(11-23)15(9-21)10-22/h3-8,24H,1-2H3. The predicted molar refractivity (Wildman–Crippen MR) is 96.4 cm³/mol. The third kappa shape index (κ3) is 3.11. The molecule has 3 aromatic rings. The van der Waals surface area contributed by atoms with E-state index in [1.807, 2.05) is 50.2 Å². The molecule has 0 spiro atoms. The van der Waals surface area contributed by atoms with Crippen molar-refractivity contribution in [1.29, 1.82) is 15.8 Å². The highest BCUT2D eigenvalue weighted by atomic mass is 16.3. The van der Waals surface area contributed by atoms with Crippen LogP contribution in [0.2, 0.25) is 0 Å². The Balaban J connectivity index is 2.05. The summed E-state index contributed by atoms with van der Waals surface area (Å²) in [4.78, 5) is 4.51. The molecule has 0 saturated carbocycles. The quantitative estimate of drug-likeness (QED) is 0.710. The molecule has 0 bridgehead atoms. The zero-order chi connectivity index (χ0) is 18.7. The minimum Gasteiger partial charge on any atom is -0.436 e. The monoisotopic (exact) mass is 339 g/mol. The van der Waals surface area contributed by atoms with Crippen LogP contribution in [0.25, 0.3) is 22.6 Å². The molecule has 0 atom stereocenters. The van der Waals surface area contributed by atoms with Crippen LogP contribution >= 0.6 is 0 Å². The summed E-state index contributed by atoms with van der Waals surface area (Å²) in [5.74, 6) is 0.455. The molecule has 1 N–H and O–H groups in total. The maximum atomic E-state index is 9.22. The van der Waals surface area contributed by atoms with Crippen LogP contribution in [-0.2, 0) is 0 Å². The van der Waals surface area contributed by atoms with Gasteiger partial charge >= 0.3 is 0 Å². The third-order valence-electron chi connectivity index (χ3n) is 3.87. The van der Waals surface area contributed by atoms with Crippen molar-refractivity contribution in [2.24, 2.45) is 0 Å². The summed E-state index contributed by atoms with van der Waals surface area (Å²) >= 11 is 0. The molecule has 0 fully saturated rings. The minimum atomic E-state index is -0.269. The van der Waals surface area contributed by atoms with Gasteiger partial charge in [0, 0.05) is 11.3 Å². The number of benzene rings is 2. The number of nitrogens with one attached hydrogen (secondary N) is 1. The number of nitrogens with zero attached hydrogens (tertiary/aromatic N) is 4. The van der Waals surface area contributed by atoms with Crippen molar-refractivity contribution in [3.8, 4) is 29.7 Å². The Morgan fingerprint density at radius 1 is 1.00 bits per heavy atom. The van der Waals surface area contributed by atoms with Gasteiger partial charge in [-0.3, -0.25) is 0 Å². The summed E-state index contributed by atoms with van der Waals surface area (Å²) in [7, 11) is 0. The Morgan fingerprint density at radius 3 is 2.46 bits per heavy atom. The van der Waals surface area contributed by atoms with Crippen LogP contribution in [0.15, 0.2) is 52.1 Å². The van der Waals surface area contributed by atoms with Crippen LogP contribution in [-0.4, -0.2) is 4.98 Å². The van der Waals surface area contributed by atoms with Gasteiger partial charge in [0.15, 0.2) is 11.2 Å². The number of anilines is 1. The largest absolute Gasteiger partial charge is 0.436 e. The van der Waals surface area contributed by atoms with E-state index in [1.54, 1.807) is 18.2 Å². The maximum absolute atomic E-state index is 9.22. The molecule has 0 amide bonds. The van der Waals surface area contributed by atoms with Crippen LogP contribution in [0.4, 0.5) is 5.69 Å². The first kappa shape index (κ1) is 16.8. The number of allylic oxidation sites excluding steroid dienone is 2. The highest BCUT2D eigenvalue weighted by Gasteiger charge is 2.12. The Bertz CT molecular complexity index is 1150. The van der Waals surface area contributed by atoms with Gasteiger partial charge in [-0.2, -0.15) is 15.8 Å². The molecule has 0 aliphatic carbocycles. The normalized spacial score (nSPS) is 9.81. The Morgan fingerprint density at radius 2 is 1.77 bits per heavy atom. The molecule has 1 heterocycles. The fourth-order valence-electron chi connectivity index (χ4n) is 2.47. The summed E-state index contributed by atoms with van der Waals surface area (Å²) < 4.78 is 5.80. The van der Waals surface area contributed by atoms with Crippen molar-refractivity contribution in [2.45, 2.75) is 13.8 Å². The second-order valence-corrected chi connectivity index (χ2v) is 5.73. The molecule has 6 heteroatoms. The lowest BCUT2D eigenvalue weighted by Gasteiger charge is -2.09. The van der Waals surface area contributed by atoms with Crippen LogP contribution in [0.3, 0.4) is 0 Å². The summed E-state index contributed by atoms with van der Waals surface area (Å²) in [6.07, 6.45) is 0. The van der Waals surface area contributed by atoms with Gasteiger partial charge in [0.05, 0.1) is 0 Å². The molecule has 0 aliphatic heterocycles. The van der Waals surface area contributed by atoms with Crippen molar-refractivity contribution in [3.63, 3.8) is 0 Å². The first-order valence-electron chi connectivity index (χ1n) is 7.75. The van der Waals surface area contributed by atoms with Crippen LogP contribution in [0.1, 0.15) is 11.1 Å². The van der Waals surface area contributed by atoms with Crippen molar-refractivity contribution in [3.05, 3.63) is 58.8 Å². The van der Waals surface area contributed by atoms with Gasteiger partial charge in [0.25, 0.3) is 0 Å².